The zero-order valence-electron chi connectivity index (χ0n) is 8.01. The molecule has 0 amide bonds. The molecule has 3 unspecified atom stereocenters. The maximum atomic E-state index is 5.69. The molecule has 0 heterocycles. The molecule has 0 aromatic carbocycles. The van der Waals surface area contributed by atoms with Crippen molar-refractivity contribution in [2.75, 3.05) is 6.54 Å². The summed E-state index contributed by atoms with van der Waals surface area (Å²) in [4.78, 5) is 0. The van der Waals surface area contributed by atoms with Crippen molar-refractivity contribution in [3.05, 3.63) is 0 Å². The van der Waals surface area contributed by atoms with Crippen LogP contribution >= 0.6 is 0 Å². The maximum Gasteiger partial charge on any atom is -0.00462 e. The second kappa shape index (κ2) is 3.57. The number of hydrogen-bond acceptors (Lipinski definition) is 1. The van der Waals surface area contributed by atoms with E-state index < -0.39 is 0 Å². The molecule has 0 bridgehead atoms. The maximum absolute atomic E-state index is 5.69. The third kappa shape index (κ3) is 1.96. The molecule has 1 aliphatic carbocycles. The van der Waals surface area contributed by atoms with Crippen LogP contribution in [0.1, 0.15) is 33.6 Å². The number of hydrogen-bond donors (Lipinski definition) is 1. The van der Waals surface area contributed by atoms with E-state index in [1.165, 1.54) is 12.8 Å². The van der Waals surface area contributed by atoms with Crippen LogP contribution in [0.4, 0.5) is 0 Å². The van der Waals surface area contributed by atoms with Gasteiger partial charge in [-0.1, -0.05) is 20.8 Å². The lowest BCUT2D eigenvalue weighted by molar-refractivity contribution is 0.379. The zero-order valence-corrected chi connectivity index (χ0v) is 8.01. The van der Waals surface area contributed by atoms with Gasteiger partial charge in [-0.25, -0.2) is 0 Å². The highest BCUT2D eigenvalue weighted by Crippen LogP contribution is 2.39. The Hall–Kier alpha value is -0.0400. The average Bonchev–Trinajstić information content (AvgIpc) is 2.31. The van der Waals surface area contributed by atoms with Crippen molar-refractivity contribution in [1.82, 2.24) is 0 Å². The van der Waals surface area contributed by atoms with Gasteiger partial charge in [0, 0.05) is 0 Å². The summed E-state index contributed by atoms with van der Waals surface area (Å²) in [5, 5.41) is 0. The van der Waals surface area contributed by atoms with Crippen molar-refractivity contribution >= 4 is 0 Å². The van der Waals surface area contributed by atoms with Crippen molar-refractivity contribution in [2.24, 2.45) is 29.4 Å². The molecule has 3 atom stereocenters. The molecule has 1 heteroatoms. The molecule has 0 aromatic heterocycles. The number of nitrogens with two attached hydrogens (primary N) is 1. The molecule has 0 spiro atoms. The first-order valence-electron chi connectivity index (χ1n) is 4.85. The van der Waals surface area contributed by atoms with Gasteiger partial charge in [0.25, 0.3) is 0 Å². The third-order valence-electron chi connectivity index (χ3n) is 3.33. The van der Waals surface area contributed by atoms with E-state index in [0.717, 1.165) is 30.2 Å². The molecule has 0 saturated heterocycles. The molecule has 11 heavy (non-hydrogen) atoms. The summed E-state index contributed by atoms with van der Waals surface area (Å²) in [7, 11) is 0. The van der Waals surface area contributed by atoms with Gasteiger partial charge in [-0.15, -0.1) is 0 Å². The van der Waals surface area contributed by atoms with E-state index in [1.54, 1.807) is 0 Å². The molecule has 1 saturated carbocycles. The van der Waals surface area contributed by atoms with Crippen LogP contribution in [-0.4, -0.2) is 6.54 Å². The van der Waals surface area contributed by atoms with Crippen LogP contribution in [0.25, 0.3) is 0 Å². The monoisotopic (exact) mass is 155 g/mol. The Morgan fingerprint density at radius 2 is 2.00 bits per heavy atom. The Bertz CT molecular complexity index is 120. The lowest BCUT2D eigenvalue weighted by Gasteiger charge is -2.13. The Labute approximate surface area is 70.4 Å². The van der Waals surface area contributed by atoms with E-state index in [4.69, 9.17) is 5.73 Å². The van der Waals surface area contributed by atoms with Crippen LogP contribution in [0.15, 0.2) is 0 Å². The van der Waals surface area contributed by atoms with Crippen LogP contribution in [0.3, 0.4) is 0 Å². The van der Waals surface area contributed by atoms with Gasteiger partial charge in [-0.3, -0.25) is 0 Å². The SMILES string of the molecule is CC(C)C1CC(C)C(CN)C1. The minimum absolute atomic E-state index is 0.808. The molecule has 0 radical (unpaired) electrons. The minimum atomic E-state index is 0.808. The van der Waals surface area contributed by atoms with Gasteiger partial charge < -0.3 is 5.73 Å². The first kappa shape index (κ1) is 9.05. The summed E-state index contributed by atoms with van der Waals surface area (Å²) in [5.41, 5.74) is 5.69. The van der Waals surface area contributed by atoms with Crippen molar-refractivity contribution < 1.29 is 0 Å². The van der Waals surface area contributed by atoms with Gasteiger partial charge in [0.2, 0.25) is 0 Å². The number of rotatable bonds is 2. The van der Waals surface area contributed by atoms with Crippen molar-refractivity contribution in [3.8, 4) is 0 Å². The molecule has 0 aromatic rings. The summed E-state index contributed by atoms with van der Waals surface area (Å²) in [5.74, 6) is 3.47. The predicted molar refractivity (Wildman–Crippen MR) is 49.3 cm³/mol. The highest BCUT2D eigenvalue weighted by molar-refractivity contribution is 4.82. The van der Waals surface area contributed by atoms with E-state index in [0.29, 0.717) is 0 Å². The molecule has 1 rings (SSSR count). The van der Waals surface area contributed by atoms with E-state index >= 15 is 0 Å². The normalized spacial score (nSPS) is 38.5. The Balaban J connectivity index is 2.43. The standard InChI is InChI=1S/C10H21N/c1-7(2)9-4-8(3)10(5-9)6-11/h7-10H,4-6,11H2,1-3H3. The highest BCUT2D eigenvalue weighted by atomic mass is 14.6. The minimum Gasteiger partial charge on any atom is -0.330 e. The van der Waals surface area contributed by atoms with Crippen LogP contribution < -0.4 is 5.73 Å². The fraction of sp³-hybridized carbons (Fsp3) is 1.00. The largest absolute Gasteiger partial charge is 0.330 e. The Morgan fingerprint density at radius 3 is 2.27 bits per heavy atom. The van der Waals surface area contributed by atoms with Gasteiger partial charge in [-0.2, -0.15) is 0 Å². The fourth-order valence-electron chi connectivity index (χ4n) is 2.26. The molecule has 66 valence electrons. The lowest BCUT2D eigenvalue weighted by atomic mass is 9.93. The molecule has 0 aliphatic heterocycles. The van der Waals surface area contributed by atoms with Crippen LogP contribution in [-0.2, 0) is 0 Å². The summed E-state index contributed by atoms with van der Waals surface area (Å²) in [6.45, 7) is 7.90. The summed E-state index contributed by atoms with van der Waals surface area (Å²) < 4.78 is 0. The molecular formula is C10H21N. The smallest absolute Gasteiger partial charge is 0.00462 e. The van der Waals surface area contributed by atoms with Crippen molar-refractivity contribution in [2.45, 2.75) is 33.6 Å². The molecule has 1 nitrogen and oxygen atoms in total. The zero-order chi connectivity index (χ0) is 8.43. The highest BCUT2D eigenvalue weighted by Gasteiger charge is 2.31. The molecule has 1 aliphatic rings. The van der Waals surface area contributed by atoms with Crippen LogP contribution in [0, 0.1) is 23.7 Å². The Morgan fingerprint density at radius 1 is 1.36 bits per heavy atom. The molecule has 2 N–H and O–H groups in total. The summed E-state index contributed by atoms with van der Waals surface area (Å²) >= 11 is 0. The van der Waals surface area contributed by atoms with Gasteiger partial charge in [-0.05, 0) is 43.1 Å². The van der Waals surface area contributed by atoms with Crippen LogP contribution in [0.5, 0.6) is 0 Å². The molecular weight excluding hydrogens is 134 g/mol. The predicted octanol–water partition coefficient (Wildman–Crippen LogP) is 2.26. The first-order chi connectivity index (χ1) is 5.15. The summed E-state index contributed by atoms with van der Waals surface area (Å²) in [6, 6.07) is 0. The van der Waals surface area contributed by atoms with E-state index in [9.17, 15) is 0 Å². The van der Waals surface area contributed by atoms with Gasteiger partial charge in [0.1, 0.15) is 0 Å². The quantitative estimate of drug-likeness (QED) is 0.650. The first-order valence-corrected chi connectivity index (χ1v) is 4.85. The topological polar surface area (TPSA) is 26.0 Å². The second-order valence-corrected chi connectivity index (χ2v) is 4.45. The van der Waals surface area contributed by atoms with Gasteiger partial charge in [0.15, 0.2) is 0 Å². The van der Waals surface area contributed by atoms with Gasteiger partial charge in [0.05, 0.1) is 0 Å². The molecule has 1 fully saturated rings. The Kier molecular flexibility index (Phi) is 2.94. The van der Waals surface area contributed by atoms with E-state index in [1.807, 2.05) is 0 Å². The van der Waals surface area contributed by atoms with E-state index in [2.05, 4.69) is 20.8 Å². The summed E-state index contributed by atoms with van der Waals surface area (Å²) in [6.07, 6.45) is 2.77. The van der Waals surface area contributed by atoms with E-state index in [-0.39, 0.29) is 0 Å². The van der Waals surface area contributed by atoms with Crippen molar-refractivity contribution in [3.63, 3.8) is 0 Å². The fourth-order valence-corrected chi connectivity index (χ4v) is 2.26. The average molecular weight is 155 g/mol. The van der Waals surface area contributed by atoms with Crippen LogP contribution in [0.2, 0.25) is 0 Å². The van der Waals surface area contributed by atoms with Gasteiger partial charge >= 0.3 is 0 Å². The van der Waals surface area contributed by atoms with Crippen molar-refractivity contribution in [1.29, 1.82) is 0 Å². The third-order valence-corrected chi connectivity index (χ3v) is 3.33. The second-order valence-electron chi connectivity index (χ2n) is 4.45. The lowest BCUT2D eigenvalue weighted by Crippen LogP contribution is -2.16.